The standard InChI is InChI=1S/C30H38O9/c1-15-11-12-30(36)26(39-27(35)17-9-7-6-8-10-17)22-24(38-16(2)31)18-14-37-19(18)13-20(32)29(22,5)25(34)23(33)21(15)28(30,3)4/h6-10,15,18-22,24,26,32,36H,11-14H2,1-5H3. The fourth-order valence-electron chi connectivity index (χ4n) is 7.97. The number of ketones is 2. The van der Waals surface area contributed by atoms with Crippen LogP contribution in [0.4, 0.5) is 0 Å². The number of fused-ring (bicyclic) bond motifs is 4. The fourth-order valence-corrected chi connectivity index (χ4v) is 7.97. The molecular formula is C30H38O9. The molecule has 39 heavy (non-hydrogen) atoms. The Morgan fingerprint density at radius 2 is 1.74 bits per heavy atom. The summed E-state index contributed by atoms with van der Waals surface area (Å²) >= 11 is 0. The van der Waals surface area contributed by atoms with Gasteiger partial charge in [0, 0.05) is 30.6 Å². The van der Waals surface area contributed by atoms with Crippen molar-refractivity contribution in [2.24, 2.45) is 34.5 Å². The Balaban J connectivity index is 1.77. The van der Waals surface area contributed by atoms with Gasteiger partial charge in [-0.2, -0.15) is 0 Å². The number of aliphatic hydroxyl groups is 2. The van der Waals surface area contributed by atoms with Crippen LogP contribution in [-0.4, -0.2) is 70.3 Å². The molecule has 0 amide bonds. The number of ether oxygens (including phenoxy) is 3. The van der Waals surface area contributed by atoms with E-state index in [0.29, 0.717) is 6.42 Å². The van der Waals surface area contributed by atoms with Crippen LogP contribution in [-0.2, 0) is 28.6 Å². The SMILES string of the molecule is CC(=O)OC1C2COC2CC(O)C2(C)C(=O)C(=O)C3C(C)CCC(O)(C(OC(=O)c4ccccc4)C12)C3(C)C. The van der Waals surface area contributed by atoms with E-state index in [-0.39, 0.29) is 30.9 Å². The molecule has 10 atom stereocenters. The number of hydrogen-bond acceptors (Lipinski definition) is 9. The topological polar surface area (TPSA) is 136 Å². The molecule has 9 nitrogen and oxygen atoms in total. The summed E-state index contributed by atoms with van der Waals surface area (Å²) in [5.41, 5.74) is -4.54. The molecule has 4 fully saturated rings. The van der Waals surface area contributed by atoms with Gasteiger partial charge in [-0.3, -0.25) is 14.4 Å². The molecule has 3 aliphatic carbocycles. The number of benzene rings is 1. The van der Waals surface area contributed by atoms with Gasteiger partial charge in [0.05, 0.1) is 35.7 Å². The maximum atomic E-state index is 14.3. The normalized spacial score (nSPS) is 42.9. The Kier molecular flexibility index (Phi) is 6.80. The van der Waals surface area contributed by atoms with Crippen molar-refractivity contribution in [2.45, 2.75) is 83.9 Å². The summed E-state index contributed by atoms with van der Waals surface area (Å²) in [5, 5.41) is 24.3. The van der Waals surface area contributed by atoms with Crippen LogP contribution in [0.3, 0.4) is 0 Å². The highest BCUT2D eigenvalue weighted by Gasteiger charge is 2.72. The van der Waals surface area contributed by atoms with Gasteiger partial charge in [0.1, 0.15) is 17.8 Å². The Morgan fingerprint density at radius 1 is 1.08 bits per heavy atom. The highest BCUT2D eigenvalue weighted by atomic mass is 16.6. The van der Waals surface area contributed by atoms with E-state index in [1.54, 1.807) is 44.2 Å². The lowest BCUT2D eigenvalue weighted by atomic mass is 9.46. The molecular weight excluding hydrogens is 504 g/mol. The van der Waals surface area contributed by atoms with Crippen LogP contribution in [0, 0.1) is 34.5 Å². The second kappa shape index (κ2) is 9.49. The molecule has 4 aliphatic rings. The summed E-state index contributed by atoms with van der Waals surface area (Å²) in [6, 6.07) is 8.30. The summed E-state index contributed by atoms with van der Waals surface area (Å²) in [4.78, 5) is 54.4. The average molecular weight is 543 g/mol. The zero-order valence-electron chi connectivity index (χ0n) is 23.1. The summed E-state index contributed by atoms with van der Waals surface area (Å²) < 4.78 is 17.8. The minimum atomic E-state index is -1.82. The number of rotatable bonds is 3. The van der Waals surface area contributed by atoms with Crippen molar-refractivity contribution in [3.05, 3.63) is 35.9 Å². The highest BCUT2D eigenvalue weighted by Crippen LogP contribution is 2.61. The molecule has 0 aromatic heterocycles. The Hall–Kier alpha value is -2.62. The van der Waals surface area contributed by atoms with Gasteiger partial charge in [-0.25, -0.2) is 4.79 Å². The third-order valence-corrected chi connectivity index (χ3v) is 10.4. The summed E-state index contributed by atoms with van der Waals surface area (Å²) in [6.45, 7) is 8.26. The van der Waals surface area contributed by atoms with Crippen LogP contribution in [0.5, 0.6) is 0 Å². The van der Waals surface area contributed by atoms with E-state index in [0.717, 1.165) is 0 Å². The van der Waals surface area contributed by atoms with Gasteiger partial charge < -0.3 is 24.4 Å². The maximum Gasteiger partial charge on any atom is 0.338 e. The molecule has 5 rings (SSSR count). The zero-order valence-corrected chi connectivity index (χ0v) is 23.1. The molecule has 1 aromatic rings. The van der Waals surface area contributed by atoms with Crippen LogP contribution in [0.1, 0.15) is 64.2 Å². The third kappa shape index (κ3) is 3.99. The minimum absolute atomic E-state index is 0.0375. The Labute approximate surface area is 228 Å². The Morgan fingerprint density at radius 3 is 2.33 bits per heavy atom. The summed E-state index contributed by atoms with van der Waals surface area (Å²) in [7, 11) is 0. The second-order valence-corrected chi connectivity index (χ2v) is 12.7. The molecule has 1 saturated heterocycles. The van der Waals surface area contributed by atoms with Gasteiger partial charge in [-0.05, 0) is 37.8 Å². The highest BCUT2D eigenvalue weighted by molar-refractivity contribution is 6.40. The van der Waals surface area contributed by atoms with E-state index >= 15 is 0 Å². The largest absolute Gasteiger partial charge is 0.462 e. The first-order chi connectivity index (χ1) is 18.2. The molecule has 2 N–H and O–H groups in total. The van der Waals surface area contributed by atoms with Crippen molar-refractivity contribution in [3.8, 4) is 0 Å². The van der Waals surface area contributed by atoms with E-state index in [4.69, 9.17) is 14.2 Å². The molecule has 3 saturated carbocycles. The van der Waals surface area contributed by atoms with Crippen molar-refractivity contribution in [1.29, 1.82) is 0 Å². The smallest absolute Gasteiger partial charge is 0.338 e. The van der Waals surface area contributed by atoms with Crippen molar-refractivity contribution < 1.29 is 43.6 Å². The van der Waals surface area contributed by atoms with Crippen LogP contribution in [0.2, 0.25) is 0 Å². The van der Waals surface area contributed by atoms with Crippen LogP contribution in [0.15, 0.2) is 30.3 Å². The molecule has 212 valence electrons. The van der Waals surface area contributed by atoms with Crippen molar-refractivity contribution in [3.63, 3.8) is 0 Å². The zero-order chi connectivity index (χ0) is 28.5. The van der Waals surface area contributed by atoms with Gasteiger partial charge in [0.2, 0.25) is 11.6 Å². The first-order valence-corrected chi connectivity index (χ1v) is 13.8. The molecule has 1 heterocycles. The molecule has 2 bridgehead atoms. The predicted molar refractivity (Wildman–Crippen MR) is 137 cm³/mol. The van der Waals surface area contributed by atoms with E-state index in [1.807, 2.05) is 6.92 Å². The molecule has 1 aromatic carbocycles. The minimum Gasteiger partial charge on any atom is -0.462 e. The monoisotopic (exact) mass is 542 g/mol. The number of carbonyl (C=O) groups excluding carboxylic acids is 4. The number of Topliss-reactive ketones (excluding diaryl/α,β-unsaturated/α-hetero) is 2. The van der Waals surface area contributed by atoms with Crippen LogP contribution in [0.25, 0.3) is 0 Å². The number of aliphatic hydroxyl groups excluding tert-OH is 1. The van der Waals surface area contributed by atoms with Gasteiger partial charge in [-0.1, -0.05) is 39.0 Å². The first kappa shape index (κ1) is 27.9. The third-order valence-electron chi connectivity index (χ3n) is 10.4. The van der Waals surface area contributed by atoms with Gasteiger partial charge in [-0.15, -0.1) is 0 Å². The van der Waals surface area contributed by atoms with Gasteiger partial charge in [0.25, 0.3) is 0 Å². The maximum absolute atomic E-state index is 14.3. The molecule has 9 heteroatoms. The quantitative estimate of drug-likeness (QED) is 0.436. The van der Waals surface area contributed by atoms with Crippen molar-refractivity contribution in [2.75, 3.05) is 6.61 Å². The van der Waals surface area contributed by atoms with Crippen LogP contribution < -0.4 is 0 Å². The first-order valence-electron chi connectivity index (χ1n) is 13.8. The van der Waals surface area contributed by atoms with E-state index in [2.05, 4.69) is 0 Å². The summed E-state index contributed by atoms with van der Waals surface area (Å²) in [6.07, 6.45) is -3.68. The van der Waals surface area contributed by atoms with E-state index in [9.17, 15) is 29.4 Å². The second-order valence-electron chi connectivity index (χ2n) is 12.7. The predicted octanol–water partition coefficient (Wildman–Crippen LogP) is 2.50. The molecule has 10 unspecified atom stereocenters. The van der Waals surface area contributed by atoms with E-state index < -0.39 is 82.1 Å². The fraction of sp³-hybridized carbons (Fsp3) is 0.667. The summed E-state index contributed by atoms with van der Waals surface area (Å²) in [5.74, 6) is -5.53. The lowest BCUT2D eigenvalue weighted by molar-refractivity contribution is -0.252. The Bertz CT molecular complexity index is 1180. The number of hydrogen-bond donors (Lipinski definition) is 2. The van der Waals surface area contributed by atoms with Crippen LogP contribution >= 0.6 is 0 Å². The number of carbonyl (C=O) groups is 4. The van der Waals surface area contributed by atoms with Crippen molar-refractivity contribution in [1.82, 2.24) is 0 Å². The lowest BCUT2D eigenvalue weighted by Crippen LogP contribution is -2.73. The molecule has 1 aliphatic heterocycles. The van der Waals surface area contributed by atoms with Gasteiger partial charge >= 0.3 is 11.9 Å². The number of esters is 2. The van der Waals surface area contributed by atoms with Crippen molar-refractivity contribution >= 4 is 23.5 Å². The molecule has 0 spiro atoms. The van der Waals surface area contributed by atoms with E-state index in [1.165, 1.54) is 13.8 Å². The lowest BCUT2D eigenvalue weighted by Gasteiger charge is -2.61. The van der Waals surface area contributed by atoms with Gasteiger partial charge in [0.15, 0.2) is 0 Å². The molecule has 0 radical (unpaired) electrons. The average Bonchev–Trinajstić information content (AvgIpc) is 2.92.